The van der Waals surface area contributed by atoms with Crippen molar-refractivity contribution in [2.45, 2.75) is 58.6 Å². The minimum atomic E-state index is -0.482. The zero-order valence-electron chi connectivity index (χ0n) is 15.3. The number of carbonyl (C=O) groups excluding carboxylic acids is 1. The van der Waals surface area contributed by atoms with Crippen molar-refractivity contribution in [2.24, 2.45) is 0 Å². The van der Waals surface area contributed by atoms with Crippen LogP contribution in [0.5, 0.6) is 5.75 Å². The Kier molecular flexibility index (Phi) is 5.86. The first kappa shape index (κ1) is 18.3. The van der Waals surface area contributed by atoms with Gasteiger partial charge in [0, 0.05) is 30.5 Å². The molecule has 1 aliphatic rings. The first-order valence-electron chi connectivity index (χ1n) is 8.52. The topological polar surface area (TPSA) is 51.7 Å². The van der Waals surface area contributed by atoms with Crippen LogP contribution in [-0.2, 0) is 4.74 Å². The molecule has 1 aliphatic carbocycles. The quantitative estimate of drug-likeness (QED) is 0.825. The Morgan fingerprint density at radius 1 is 1.42 bits per heavy atom. The number of pyridine rings is 1. The van der Waals surface area contributed by atoms with E-state index in [2.05, 4.69) is 11.1 Å². The van der Waals surface area contributed by atoms with Crippen molar-refractivity contribution in [1.82, 2.24) is 9.88 Å². The molecule has 0 saturated carbocycles. The third-order valence-corrected chi connectivity index (χ3v) is 4.10. The molecular weight excluding hydrogens is 304 g/mol. The van der Waals surface area contributed by atoms with Gasteiger partial charge in [0.2, 0.25) is 0 Å². The fourth-order valence-corrected chi connectivity index (χ4v) is 3.03. The molecule has 1 atom stereocenters. The van der Waals surface area contributed by atoms with Gasteiger partial charge in [-0.05, 0) is 58.6 Å². The minimum absolute atomic E-state index is 0.134. The van der Waals surface area contributed by atoms with Gasteiger partial charge in [0.25, 0.3) is 0 Å². The van der Waals surface area contributed by atoms with Crippen LogP contribution in [0.3, 0.4) is 0 Å². The summed E-state index contributed by atoms with van der Waals surface area (Å²) < 4.78 is 11.0. The van der Waals surface area contributed by atoms with Crippen LogP contribution in [0.4, 0.5) is 4.79 Å². The Hall–Kier alpha value is -2.04. The summed E-state index contributed by atoms with van der Waals surface area (Å²) in [5.74, 6) is 0.817. The first-order valence-corrected chi connectivity index (χ1v) is 8.52. The second-order valence-electron chi connectivity index (χ2n) is 7.01. The monoisotopic (exact) mass is 332 g/mol. The number of ether oxygens (including phenoxy) is 2. The smallest absolute Gasteiger partial charge is 0.410 e. The van der Waals surface area contributed by atoms with E-state index in [-0.39, 0.29) is 12.1 Å². The molecule has 1 heterocycles. The van der Waals surface area contributed by atoms with E-state index in [1.165, 1.54) is 5.57 Å². The molecule has 1 amide bonds. The van der Waals surface area contributed by atoms with Crippen LogP contribution < -0.4 is 4.74 Å². The van der Waals surface area contributed by atoms with E-state index in [9.17, 15) is 4.79 Å². The second-order valence-corrected chi connectivity index (χ2v) is 7.01. The van der Waals surface area contributed by atoms with E-state index in [0.29, 0.717) is 6.54 Å². The fourth-order valence-electron chi connectivity index (χ4n) is 3.03. The van der Waals surface area contributed by atoms with Crippen molar-refractivity contribution in [1.29, 1.82) is 0 Å². The molecule has 24 heavy (non-hydrogen) atoms. The van der Waals surface area contributed by atoms with Gasteiger partial charge in [0.05, 0.1) is 7.11 Å². The lowest BCUT2D eigenvalue weighted by Gasteiger charge is -2.35. The third-order valence-electron chi connectivity index (χ3n) is 4.10. The molecule has 0 bridgehead atoms. The van der Waals surface area contributed by atoms with Gasteiger partial charge in [-0.2, -0.15) is 0 Å². The Morgan fingerprint density at radius 2 is 2.17 bits per heavy atom. The zero-order chi connectivity index (χ0) is 17.7. The number of allylic oxidation sites excluding steroid dienone is 1. The molecule has 5 heteroatoms. The maximum absolute atomic E-state index is 12.5. The van der Waals surface area contributed by atoms with E-state index in [1.54, 1.807) is 13.3 Å². The number of amides is 1. The van der Waals surface area contributed by atoms with Crippen LogP contribution in [0.1, 0.15) is 52.5 Å². The standard InChI is InChI=1S/C19H28N2O3/c1-6-21(18(22)24-19(2,3)4)15-9-7-8-14(12-15)16-13-20-11-10-17(16)23-5/h8,10-11,13,15H,6-7,9,12H2,1-5H3. The molecule has 0 spiro atoms. The summed E-state index contributed by atoms with van der Waals surface area (Å²) in [4.78, 5) is 18.6. The summed E-state index contributed by atoms with van der Waals surface area (Å²) in [6, 6.07) is 2.00. The van der Waals surface area contributed by atoms with Crippen molar-refractivity contribution in [3.05, 3.63) is 30.1 Å². The Labute approximate surface area is 144 Å². The summed E-state index contributed by atoms with van der Waals surface area (Å²) in [7, 11) is 1.67. The van der Waals surface area contributed by atoms with Crippen LogP contribution in [0, 0.1) is 0 Å². The van der Waals surface area contributed by atoms with E-state index in [0.717, 1.165) is 30.6 Å². The second kappa shape index (κ2) is 7.69. The van der Waals surface area contributed by atoms with Crippen molar-refractivity contribution >= 4 is 11.7 Å². The highest BCUT2D eigenvalue weighted by Gasteiger charge is 2.29. The molecule has 0 aliphatic heterocycles. The molecule has 1 aromatic rings. The van der Waals surface area contributed by atoms with Crippen LogP contribution in [0.15, 0.2) is 24.5 Å². The highest BCUT2D eigenvalue weighted by Crippen LogP contribution is 2.34. The molecule has 0 aromatic carbocycles. The van der Waals surface area contributed by atoms with Crippen LogP contribution in [0.25, 0.3) is 5.57 Å². The van der Waals surface area contributed by atoms with Crippen molar-refractivity contribution in [3.63, 3.8) is 0 Å². The van der Waals surface area contributed by atoms with Crippen LogP contribution in [-0.4, -0.2) is 41.3 Å². The van der Waals surface area contributed by atoms with E-state index < -0.39 is 5.60 Å². The summed E-state index contributed by atoms with van der Waals surface area (Å²) in [6.45, 7) is 8.31. The number of methoxy groups -OCH3 is 1. The predicted molar refractivity (Wildman–Crippen MR) is 95.0 cm³/mol. The van der Waals surface area contributed by atoms with Gasteiger partial charge in [0.15, 0.2) is 0 Å². The number of hydrogen-bond acceptors (Lipinski definition) is 4. The highest BCUT2D eigenvalue weighted by atomic mass is 16.6. The average Bonchev–Trinajstić information content (AvgIpc) is 2.54. The Bertz CT molecular complexity index is 605. The number of carbonyl (C=O) groups is 1. The molecule has 2 rings (SSSR count). The summed E-state index contributed by atoms with van der Waals surface area (Å²) in [5.41, 5.74) is 1.70. The SMILES string of the molecule is CCN(C(=O)OC(C)(C)C)C1CCC=C(c2cnccc2OC)C1. The van der Waals surface area contributed by atoms with E-state index in [1.807, 2.05) is 44.9 Å². The van der Waals surface area contributed by atoms with Gasteiger partial charge in [-0.25, -0.2) is 4.79 Å². The van der Waals surface area contributed by atoms with Crippen molar-refractivity contribution < 1.29 is 14.3 Å². The maximum Gasteiger partial charge on any atom is 0.410 e. The van der Waals surface area contributed by atoms with Gasteiger partial charge >= 0.3 is 6.09 Å². The van der Waals surface area contributed by atoms with Gasteiger partial charge in [0.1, 0.15) is 11.4 Å². The third kappa shape index (κ3) is 4.49. The van der Waals surface area contributed by atoms with Crippen LogP contribution in [0.2, 0.25) is 0 Å². The summed E-state index contributed by atoms with van der Waals surface area (Å²) in [6.07, 6.45) is 8.19. The highest BCUT2D eigenvalue weighted by molar-refractivity contribution is 5.73. The summed E-state index contributed by atoms with van der Waals surface area (Å²) in [5, 5.41) is 0. The molecule has 0 radical (unpaired) electrons. The van der Waals surface area contributed by atoms with Crippen LogP contribution >= 0.6 is 0 Å². The number of nitrogens with zero attached hydrogens (tertiary/aromatic N) is 2. The number of hydrogen-bond donors (Lipinski definition) is 0. The molecule has 132 valence electrons. The van der Waals surface area contributed by atoms with Crippen molar-refractivity contribution in [2.75, 3.05) is 13.7 Å². The lowest BCUT2D eigenvalue weighted by Crippen LogP contribution is -2.44. The van der Waals surface area contributed by atoms with Gasteiger partial charge in [-0.1, -0.05) is 6.08 Å². The number of aromatic nitrogens is 1. The number of rotatable bonds is 4. The molecule has 0 saturated heterocycles. The van der Waals surface area contributed by atoms with Gasteiger partial charge in [-0.15, -0.1) is 0 Å². The zero-order valence-corrected chi connectivity index (χ0v) is 15.3. The van der Waals surface area contributed by atoms with Gasteiger partial charge < -0.3 is 14.4 Å². The van der Waals surface area contributed by atoms with Gasteiger partial charge in [-0.3, -0.25) is 4.98 Å². The maximum atomic E-state index is 12.5. The first-order chi connectivity index (χ1) is 11.4. The Balaban J connectivity index is 2.16. The molecular formula is C19H28N2O3. The summed E-state index contributed by atoms with van der Waals surface area (Å²) >= 11 is 0. The van der Waals surface area contributed by atoms with Crippen molar-refractivity contribution in [3.8, 4) is 5.75 Å². The molecule has 0 N–H and O–H groups in total. The molecule has 5 nitrogen and oxygen atoms in total. The normalized spacial score (nSPS) is 17.9. The molecule has 1 unspecified atom stereocenters. The largest absolute Gasteiger partial charge is 0.496 e. The predicted octanol–water partition coefficient (Wildman–Crippen LogP) is 4.28. The molecule has 1 aromatic heterocycles. The average molecular weight is 332 g/mol. The fraction of sp³-hybridized carbons (Fsp3) is 0.579. The Morgan fingerprint density at radius 3 is 2.79 bits per heavy atom. The minimum Gasteiger partial charge on any atom is -0.496 e. The molecule has 0 fully saturated rings. The van der Waals surface area contributed by atoms with E-state index in [4.69, 9.17) is 9.47 Å². The van der Waals surface area contributed by atoms with E-state index >= 15 is 0 Å². The lowest BCUT2D eigenvalue weighted by atomic mass is 9.89. The lowest BCUT2D eigenvalue weighted by molar-refractivity contribution is 0.0167.